The third-order valence-corrected chi connectivity index (χ3v) is 1.84. The molecule has 1 aromatic heterocycles. The van der Waals surface area contributed by atoms with E-state index in [1.165, 1.54) is 13.1 Å². The number of alkyl halides is 3. The Labute approximate surface area is 83.9 Å². The third kappa shape index (κ3) is 3.26. The number of nitrogens with zero attached hydrogens (tertiary/aromatic N) is 2. The minimum absolute atomic E-state index is 0.150. The smallest absolute Gasteiger partial charge is 0.365 e. The lowest BCUT2D eigenvalue weighted by Gasteiger charge is -2.05. The molecule has 2 N–H and O–H groups in total. The molecular weight excluding hydrogens is 211 g/mol. The van der Waals surface area contributed by atoms with Crippen LogP contribution in [0.15, 0.2) is 6.20 Å². The van der Waals surface area contributed by atoms with Gasteiger partial charge in [-0.3, -0.25) is 9.48 Å². The molecule has 7 heteroatoms. The van der Waals surface area contributed by atoms with E-state index in [-0.39, 0.29) is 12.1 Å². The summed E-state index contributed by atoms with van der Waals surface area (Å²) in [6, 6.07) is 0. The minimum atomic E-state index is -4.23. The minimum Gasteiger partial charge on any atom is -0.365 e. The summed E-state index contributed by atoms with van der Waals surface area (Å²) in [4.78, 5) is 10.8. The van der Waals surface area contributed by atoms with Crippen molar-refractivity contribution in [1.29, 1.82) is 0 Å². The first-order valence-corrected chi connectivity index (χ1v) is 4.20. The Hall–Kier alpha value is -1.53. The van der Waals surface area contributed by atoms with Crippen molar-refractivity contribution in [3.63, 3.8) is 0 Å². The summed E-state index contributed by atoms with van der Waals surface area (Å²) >= 11 is 0. The molecule has 0 atom stereocenters. The van der Waals surface area contributed by atoms with Gasteiger partial charge in [0.15, 0.2) is 0 Å². The lowest BCUT2D eigenvalue weighted by atomic mass is 10.2. The molecule has 0 saturated heterocycles. The summed E-state index contributed by atoms with van der Waals surface area (Å²) in [5, 5.41) is 3.75. The molecule has 1 amide bonds. The van der Waals surface area contributed by atoms with E-state index in [4.69, 9.17) is 5.73 Å². The monoisotopic (exact) mass is 221 g/mol. The average Bonchev–Trinajstić information content (AvgIpc) is 2.42. The second kappa shape index (κ2) is 3.92. The second-order valence-corrected chi connectivity index (χ2v) is 3.12. The maximum atomic E-state index is 11.9. The summed E-state index contributed by atoms with van der Waals surface area (Å²) in [5.74, 6) is -0.689. The fraction of sp³-hybridized carbons (Fsp3) is 0.500. The number of rotatable bonds is 3. The molecule has 0 aromatic carbocycles. The van der Waals surface area contributed by atoms with Gasteiger partial charge in [0, 0.05) is 12.7 Å². The van der Waals surface area contributed by atoms with Gasteiger partial charge >= 0.3 is 6.18 Å². The van der Waals surface area contributed by atoms with E-state index in [1.54, 1.807) is 0 Å². The number of nitrogens with two attached hydrogens (primary N) is 1. The molecule has 84 valence electrons. The summed E-state index contributed by atoms with van der Waals surface area (Å²) in [5.41, 5.74) is 5.48. The molecule has 0 radical (unpaired) electrons. The first-order valence-electron chi connectivity index (χ1n) is 4.20. The van der Waals surface area contributed by atoms with Crippen LogP contribution in [0.2, 0.25) is 0 Å². The van der Waals surface area contributed by atoms with Crippen LogP contribution < -0.4 is 5.73 Å². The molecule has 0 fully saturated rings. The van der Waals surface area contributed by atoms with Crippen LogP contribution in [-0.2, 0) is 6.54 Å². The number of carbonyl (C=O) groups excluding carboxylic acids is 1. The molecule has 0 bridgehead atoms. The summed E-state index contributed by atoms with van der Waals surface area (Å²) in [6.07, 6.45) is -3.98. The van der Waals surface area contributed by atoms with Crippen LogP contribution in [0, 0.1) is 6.92 Å². The standard InChI is InChI=1S/C8H10F3N3O/c1-5-6(7(12)15)4-14(13-5)3-2-8(9,10)11/h4H,2-3H2,1H3,(H2,12,15). The highest BCUT2D eigenvalue weighted by atomic mass is 19.4. The fourth-order valence-electron chi connectivity index (χ4n) is 1.12. The lowest BCUT2D eigenvalue weighted by Crippen LogP contribution is -2.13. The highest BCUT2D eigenvalue weighted by molar-refractivity contribution is 5.93. The van der Waals surface area contributed by atoms with Gasteiger partial charge in [-0.05, 0) is 6.92 Å². The molecule has 0 saturated carbocycles. The van der Waals surface area contributed by atoms with E-state index < -0.39 is 18.5 Å². The Bertz CT molecular complexity index is 370. The van der Waals surface area contributed by atoms with E-state index in [0.717, 1.165) is 4.68 Å². The Balaban J connectivity index is 2.72. The van der Waals surface area contributed by atoms with E-state index in [2.05, 4.69) is 5.10 Å². The number of amides is 1. The number of hydrogen-bond acceptors (Lipinski definition) is 2. The van der Waals surface area contributed by atoms with Crippen molar-refractivity contribution in [1.82, 2.24) is 9.78 Å². The van der Waals surface area contributed by atoms with Crippen LogP contribution in [-0.4, -0.2) is 21.9 Å². The van der Waals surface area contributed by atoms with Gasteiger partial charge in [0.25, 0.3) is 5.91 Å². The molecule has 0 aliphatic heterocycles. The molecule has 1 aromatic rings. The summed E-state index contributed by atoms with van der Waals surface area (Å²) in [6.45, 7) is 1.21. The van der Waals surface area contributed by atoms with Crippen molar-refractivity contribution >= 4 is 5.91 Å². The Morgan fingerprint density at radius 2 is 2.20 bits per heavy atom. The Kier molecular flexibility index (Phi) is 3.01. The maximum absolute atomic E-state index is 11.9. The zero-order chi connectivity index (χ0) is 11.6. The van der Waals surface area contributed by atoms with Crippen LogP contribution in [0.25, 0.3) is 0 Å². The van der Waals surface area contributed by atoms with Crippen LogP contribution >= 0.6 is 0 Å². The predicted molar refractivity (Wildman–Crippen MR) is 46.2 cm³/mol. The van der Waals surface area contributed by atoms with Gasteiger partial charge in [-0.2, -0.15) is 18.3 Å². The molecule has 0 spiro atoms. The van der Waals surface area contributed by atoms with Crippen molar-refractivity contribution in [2.45, 2.75) is 26.1 Å². The summed E-state index contributed by atoms with van der Waals surface area (Å²) < 4.78 is 36.7. The van der Waals surface area contributed by atoms with Gasteiger partial charge in [-0.25, -0.2) is 0 Å². The largest absolute Gasteiger partial charge is 0.390 e. The molecular formula is C8H10F3N3O. The number of carbonyl (C=O) groups is 1. The average molecular weight is 221 g/mol. The number of aryl methyl sites for hydroxylation is 2. The number of halogens is 3. The van der Waals surface area contributed by atoms with Gasteiger partial charge in [0.05, 0.1) is 17.7 Å². The zero-order valence-electron chi connectivity index (χ0n) is 8.01. The van der Waals surface area contributed by atoms with E-state index in [0.29, 0.717) is 5.69 Å². The van der Waals surface area contributed by atoms with Crippen LogP contribution in [0.4, 0.5) is 13.2 Å². The van der Waals surface area contributed by atoms with Gasteiger partial charge in [0.1, 0.15) is 0 Å². The lowest BCUT2D eigenvalue weighted by molar-refractivity contribution is -0.137. The van der Waals surface area contributed by atoms with Crippen LogP contribution in [0.1, 0.15) is 22.5 Å². The first-order chi connectivity index (χ1) is 6.79. The molecule has 15 heavy (non-hydrogen) atoms. The highest BCUT2D eigenvalue weighted by Crippen LogP contribution is 2.20. The normalized spacial score (nSPS) is 11.7. The number of hydrogen-bond donors (Lipinski definition) is 1. The predicted octanol–water partition coefficient (Wildman–Crippen LogP) is 1.24. The molecule has 4 nitrogen and oxygen atoms in total. The third-order valence-electron chi connectivity index (χ3n) is 1.84. The van der Waals surface area contributed by atoms with Gasteiger partial charge in [-0.15, -0.1) is 0 Å². The van der Waals surface area contributed by atoms with Crippen molar-refractivity contribution in [3.8, 4) is 0 Å². The fourth-order valence-corrected chi connectivity index (χ4v) is 1.12. The number of primary amides is 1. The Morgan fingerprint density at radius 3 is 2.60 bits per heavy atom. The highest BCUT2D eigenvalue weighted by Gasteiger charge is 2.27. The molecule has 0 aliphatic rings. The van der Waals surface area contributed by atoms with Crippen molar-refractivity contribution in [3.05, 3.63) is 17.5 Å². The zero-order valence-corrected chi connectivity index (χ0v) is 8.01. The SMILES string of the molecule is Cc1nn(CCC(F)(F)F)cc1C(N)=O. The summed E-state index contributed by atoms with van der Waals surface area (Å²) in [7, 11) is 0. The Morgan fingerprint density at radius 1 is 1.60 bits per heavy atom. The van der Waals surface area contributed by atoms with Crippen LogP contribution in [0.5, 0.6) is 0 Å². The molecule has 0 aliphatic carbocycles. The quantitative estimate of drug-likeness (QED) is 0.834. The van der Waals surface area contributed by atoms with Crippen molar-refractivity contribution in [2.75, 3.05) is 0 Å². The molecule has 0 unspecified atom stereocenters. The van der Waals surface area contributed by atoms with Gasteiger partial charge in [0.2, 0.25) is 0 Å². The van der Waals surface area contributed by atoms with Crippen LogP contribution in [0.3, 0.4) is 0 Å². The van der Waals surface area contributed by atoms with E-state index in [9.17, 15) is 18.0 Å². The second-order valence-electron chi connectivity index (χ2n) is 3.12. The van der Waals surface area contributed by atoms with Crippen molar-refractivity contribution < 1.29 is 18.0 Å². The maximum Gasteiger partial charge on any atom is 0.390 e. The molecule has 1 heterocycles. The first kappa shape index (κ1) is 11.5. The van der Waals surface area contributed by atoms with Crippen molar-refractivity contribution in [2.24, 2.45) is 5.73 Å². The van der Waals surface area contributed by atoms with E-state index >= 15 is 0 Å². The molecule has 1 rings (SSSR count). The van der Waals surface area contributed by atoms with Gasteiger partial charge in [-0.1, -0.05) is 0 Å². The van der Waals surface area contributed by atoms with Gasteiger partial charge < -0.3 is 5.73 Å². The topological polar surface area (TPSA) is 60.9 Å². The number of aromatic nitrogens is 2. The van der Waals surface area contributed by atoms with E-state index in [1.807, 2.05) is 0 Å².